The third-order valence-corrected chi connectivity index (χ3v) is 1.75. The molecule has 1 aromatic rings. The third-order valence-electron chi connectivity index (χ3n) is 0.857. The van der Waals surface area contributed by atoms with E-state index in [1.807, 2.05) is 0 Å². The number of hydrogen-bond donors (Lipinski definition) is 3. The molecule has 0 radical (unpaired) electrons. The Labute approximate surface area is 55.2 Å². The molecule has 1 heterocycles. The number of H-pyrrole nitrogens is 1. The second-order valence-electron chi connectivity index (χ2n) is 1.44. The fraction of sp³-hybridized carbons (Fsp3) is 0.250. The van der Waals surface area contributed by atoms with Crippen molar-refractivity contribution in [3.8, 4) is 5.88 Å². The molecule has 0 saturated heterocycles. The summed E-state index contributed by atoms with van der Waals surface area (Å²) >= 11 is 0.942. The molecule has 0 amide bonds. The zero-order valence-corrected chi connectivity index (χ0v) is 5.58. The van der Waals surface area contributed by atoms with Gasteiger partial charge in [-0.05, 0) is 0 Å². The lowest BCUT2D eigenvalue weighted by Crippen LogP contribution is -1.89. The van der Waals surface area contributed by atoms with Gasteiger partial charge in [0.25, 0.3) is 0 Å². The lowest BCUT2D eigenvalue weighted by molar-refractivity contribution is 0.458. The van der Waals surface area contributed by atoms with Crippen LogP contribution in [-0.4, -0.2) is 17.1 Å². The van der Waals surface area contributed by atoms with Gasteiger partial charge in [0.15, 0.2) is 5.00 Å². The van der Waals surface area contributed by atoms with Crippen molar-refractivity contribution in [1.82, 2.24) is 4.98 Å². The minimum Gasteiger partial charge on any atom is -0.492 e. The van der Waals surface area contributed by atoms with Crippen molar-refractivity contribution in [1.29, 1.82) is 0 Å². The van der Waals surface area contributed by atoms with Crippen molar-refractivity contribution < 1.29 is 5.11 Å². The van der Waals surface area contributed by atoms with Gasteiger partial charge in [-0.1, -0.05) is 11.3 Å². The highest BCUT2D eigenvalue weighted by Gasteiger charge is 2.01. The Balaban J connectivity index is 3.16. The summed E-state index contributed by atoms with van der Waals surface area (Å²) in [6, 6.07) is 0. The van der Waals surface area contributed by atoms with Gasteiger partial charge in [-0.25, -0.2) is 0 Å². The van der Waals surface area contributed by atoms with Gasteiger partial charge in [-0.2, -0.15) is 0 Å². The minimum absolute atomic E-state index is 0.0903. The van der Waals surface area contributed by atoms with Gasteiger partial charge in [0.05, 0.1) is 0 Å². The highest BCUT2D eigenvalue weighted by molar-refractivity contribution is 7.13. The van der Waals surface area contributed by atoms with Crippen LogP contribution in [0.1, 0.15) is 0 Å². The smallest absolute Gasteiger partial charge is 0.309 e. The number of rotatable bonds is 1. The SMILES string of the molecule is CNc1sc(=O)[nH]c1O. The average Bonchev–Trinajstić information content (AvgIpc) is 2.10. The fourth-order valence-electron chi connectivity index (χ4n) is 0.489. The van der Waals surface area contributed by atoms with Crippen molar-refractivity contribution in [2.75, 3.05) is 12.4 Å². The number of hydrogen-bond acceptors (Lipinski definition) is 4. The fourth-order valence-corrected chi connectivity index (χ4v) is 1.07. The maximum Gasteiger partial charge on any atom is 0.309 e. The molecule has 0 aromatic carbocycles. The molecular weight excluding hydrogens is 140 g/mol. The summed E-state index contributed by atoms with van der Waals surface area (Å²) in [6.45, 7) is 0. The first-order chi connectivity index (χ1) is 4.24. The molecule has 50 valence electrons. The molecule has 0 unspecified atom stereocenters. The molecule has 0 spiro atoms. The van der Waals surface area contributed by atoms with Crippen LogP contribution in [0.15, 0.2) is 4.79 Å². The maximum atomic E-state index is 10.4. The summed E-state index contributed by atoms with van der Waals surface area (Å²) in [5, 5.41) is 11.9. The average molecular weight is 146 g/mol. The standard InChI is InChI=1S/C4H6N2O2S/c1-5-3-2(7)6-4(8)9-3/h5,7H,1H3,(H,6,8). The van der Waals surface area contributed by atoms with Crippen LogP contribution in [-0.2, 0) is 0 Å². The molecule has 1 rings (SSSR count). The summed E-state index contributed by atoms with van der Waals surface area (Å²) in [4.78, 5) is 12.4. The van der Waals surface area contributed by atoms with Crippen LogP contribution in [0.3, 0.4) is 0 Å². The molecule has 0 atom stereocenters. The Morgan fingerprint density at radius 3 is 2.67 bits per heavy atom. The largest absolute Gasteiger partial charge is 0.492 e. The number of aromatic nitrogens is 1. The lowest BCUT2D eigenvalue weighted by atomic mass is 10.8. The number of thiazole rings is 1. The van der Waals surface area contributed by atoms with Crippen LogP contribution in [0.4, 0.5) is 5.00 Å². The molecule has 3 N–H and O–H groups in total. The highest BCUT2D eigenvalue weighted by Crippen LogP contribution is 2.20. The van der Waals surface area contributed by atoms with E-state index in [0.29, 0.717) is 5.00 Å². The number of aromatic hydroxyl groups is 1. The molecule has 0 saturated carbocycles. The quantitative estimate of drug-likeness (QED) is 0.529. The Bertz CT molecular complexity index is 251. The van der Waals surface area contributed by atoms with Gasteiger partial charge in [-0.3, -0.25) is 9.78 Å². The van der Waals surface area contributed by atoms with E-state index in [9.17, 15) is 4.79 Å². The van der Waals surface area contributed by atoms with E-state index in [-0.39, 0.29) is 10.8 Å². The van der Waals surface area contributed by atoms with Crippen molar-refractivity contribution in [3.63, 3.8) is 0 Å². The summed E-state index contributed by atoms with van der Waals surface area (Å²) in [7, 11) is 1.64. The van der Waals surface area contributed by atoms with Gasteiger partial charge >= 0.3 is 4.87 Å². The number of aromatic amines is 1. The number of nitrogens with one attached hydrogen (secondary N) is 2. The predicted octanol–water partition coefficient (Wildman–Crippen LogP) is 0.184. The molecule has 9 heavy (non-hydrogen) atoms. The molecule has 0 fully saturated rings. The molecule has 0 aliphatic carbocycles. The molecule has 0 aliphatic heterocycles. The summed E-state index contributed by atoms with van der Waals surface area (Å²) < 4.78 is 0. The van der Waals surface area contributed by atoms with Gasteiger partial charge in [0, 0.05) is 7.05 Å². The lowest BCUT2D eigenvalue weighted by Gasteiger charge is -1.89. The maximum absolute atomic E-state index is 10.4. The first kappa shape index (κ1) is 6.15. The summed E-state index contributed by atoms with van der Waals surface area (Å²) in [6.07, 6.45) is 0. The predicted molar refractivity (Wildman–Crippen MR) is 36.2 cm³/mol. The van der Waals surface area contributed by atoms with Crippen LogP contribution < -0.4 is 10.2 Å². The Morgan fingerprint density at radius 1 is 1.78 bits per heavy atom. The van der Waals surface area contributed by atoms with E-state index < -0.39 is 0 Å². The summed E-state index contributed by atoms with van der Waals surface area (Å²) in [5.41, 5.74) is 0. The number of anilines is 1. The monoisotopic (exact) mass is 146 g/mol. The van der Waals surface area contributed by atoms with Gasteiger partial charge < -0.3 is 10.4 Å². The Morgan fingerprint density at radius 2 is 2.44 bits per heavy atom. The van der Waals surface area contributed by atoms with Crippen LogP contribution in [0.25, 0.3) is 0 Å². The van der Waals surface area contributed by atoms with E-state index in [2.05, 4.69) is 10.3 Å². The summed E-state index contributed by atoms with van der Waals surface area (Å²) in [5.74, 6) is -0.0903. The van der Waals surface area contributed by atoms with Crippen molar-refractivity contribution in [2.45, 2.75) is 0 Å². The second kappa shape index (κ2) is 2.10. The second-order valence-corrected chi connectivity index (χ2v) is 2.43. The molecule has 0 bridgehead atoms. The van der Waals surface area contributed by atoms with E-state index in [1.165, 1.54) is 0 Å². The molecule has 1 aromatic heterocycles. The van der Waals surface area contributed by atoms with Gasteiger partial charge in [0.2, 0.25) is 5.88 Å². The van der Waals surface area contributed by atoms with Crippen LogP contribution in [0.2, 0.25) is 0 Å². The first-order valence-corrected chi connectivity index (χ1v) is 3.15. The first-order valence-electron chi connectivity index (χ1n) is 2.34. The van der Waals surface area contributed by atoms with Crippen molar-refractivity contribution >= 4 is 16.3 Å². The normalized spacial score (nSPS) is 9.44. The Hall–Kier alpha value is -0.970. The van der Waals surface area contributed by atoms with Crippen LogP contribution in [0.5, 0.6) is 5.88 Å². The third kappa shape index (κ3) is 1.05. The molecular formula is C4H6N2O2S. The van der Waals surface area contributed by atoms with Crippen molar-refractivity contribution in [3.05, 3.63) is 9.67 Å². The minimum atomic E-state index is -0.253. The van der Waals surface area contributed by atoms with Gasteiger partial charge in [-0.15, -0.1) is 0 Å². The van der Waals surface area contributed by atoms with E-state index in [4.69, 9.17) is 5.11 Å². The topological polar surface area (TPSA) is 65.1 Å². The van der Waals surface area contributed by atoms with Gasteiger partial charge in [0.1, 0.15) is 0 Å². The van der Waals surface area contributed by atoms with Crippen LogP contribution in [0, 0.1) is 0 Å². The zero-order valence-electron chi connectivity index (χ0n) is 4.76. The van der Waals surface area contributed by atoms with Crippen LogP contribution >= 0.6 is 11.3 Å². The van der Waals surface area contributed by atoms with E-state index in [1.54, 1.807) is 7.05 Å². The van der Waals surface area contributed by atoms with E-state index in [0.717, 1.165) is 11.3 Å². The molecule has 0 aliphatic rings. The highest BCUT2D eigenvalue weighted by atomic mass is 32.1. The zero-order chi connectivity index (χ0) is 6.85. The van der Waals surface area contributed by atoms with E-state index >= 15 is 0 Å². The molecule has 5 heteroatoms. The molecule has 4 nitrogen and oxygen atoms in total. The van der Waals surface area contributed by atoms with Crippen molar-refractivity contribution in [2.24, 2.45) is 0 Å². The Kier molecular flexibility index (Phi) is 1.44.